The fourth-order valence-electron chi connectivity index (χ4n) is 1.83. The van der Waals surface area contributed by atoms with E-state index >= 15 is 0 Å². The SMILES string of the molecule is COC(=O)c1ccc(C(C)Sc2ccc(N)cc2C)o1. The minimum absolute atomic E-state index is 0.0933. The van der Waals surface area contributed by atoms with Gasteiger partial charge in [-0.15, -0.1) is 11.8 Å². The Kier molecular flexibility index (Phi) is 4.39. The van der Waals surface area contributed by atoms with Gasteiger partial charge in [0.2, 0.25) is 5.76 Å². The van der Waals surface area contributed by atoms with Gasteiger partial charge in [0.25, 0.3) is 0 Å². The summed E-state index contributed by atoms with van der Waals surface area (Å²) in [6.07, 6.45) is 0. The number of carbonyl (C=O) groups is 1. The van der Waals surface area contributed by atoms with Crippen molar-refractivity contribution in [2.24, 2.45) is 0 Å². The first-order valence-electron chi connectivity index (χ1n) is 6.22. The van der Waals surface area contributed by atoms with Crippen LogP contribution in [0.5, 0.6) is 0 Å². The van der Waals surface area contributed by atoms with E-state index in [0.717, 1.165) is 21.9 Å². The second-order valence-electron chi connectivity index (χ2n) is 4.48. The van der Waals surface area contributed by atoms with E-state index in [-0.39, 0.29) is 11.0 Å². The average Bonchev–Trinajstić information content (AvgIpc) is 2.90. The summed E-state index contributed by atoms with van der Waals surface area (Å²) in [5, 5.41) is 0.0933. The quantitative estimate of drug-likeness (QED) is 0.527. The molecule has 0 bridgehead atoms. The van der Waals surface area contributed by atoms with Crippen molar-refractivity contribution in [3.05, 3.63) is 47.4 Å². The van der Waals surface area contributed by atoms with Crippen molar-refractivity contribution in [1.29, 1.82) is 0 Å². The lowest BCUT2D eigenvalue weighted by molar-refractivity contribution is 0.0563. The molecule has 0 aliphatic carbocycles. The van der Waals surface area contributed by atoms with Gasteiger partial charge >= 0.3 is 5.97 Å². The summed E-state index contributed by atoms with van der Waals surface area (Å²) in [5.74, 6) is 0.507. The third-order valence-electron chi connectivity index (χ3n) is 2.92. The summed E-state index contributed by atoms with van der Waals surface area (Å²) in [4.78, 5) is 12.5. The largest absolute Gasteiger partial charge is 0.463 e. The Morgan fingerprint density at radius 2 is 2.10 bits per heavy atom. The van der Waals surface area contributed by atoms with E-state index in [4.69, 9.17) is 10.2 Å². The molecule has 1 aromatic carbocycles. The molecular weight excluding hydrogens is 274 g/mol. The van der Waals surface area contributed by atoms with Crippen LogP contribution in [-0.4, -0.2) is 13.1 Å². The van der Waals surface area contributed by atoms with Crippen molar-refractivity contribution in [2.45, 2.75) is 24.0 Å². The van der Waals surface area contributed by atoms with Crippen molar-refractivity contribution in [1.82, 2.24) is 0 Å². The van der Waals surface area contributed by atoms with Crippen molar-refractivity contribution >= 4 is 23.4 Å². The fraction of sp³-hybridized carbons (Fsp3) is 0.267. The van der Waals surface area contributed by atoms with Gasteiger partial charge in [0, 0.05) is 10.6 Å². The normalized spacial score (nSPS) is 12.2. The summed E-state index contributed by atoms with van der Waals surface area (Å²) in [5.41, 5.74) is 7.62. The molecule has 20 heavy (non-hydrogen) atoms. The van der Waals surface area contributed by atoms with Crippen LogP contribution in [0.25, 0.3) is 0 Å². The number of hydrogen-bond donors (Lipinski definition) is 1. The van der Waals surface area contributed by atoms with E-state index in [0.29, 0.717) is 0 Å². The van der Waals surface area contributed by atoms with E-state index in [1.165, 1.54) is 7.11 Å². The zero-order valence-corrected chi connectivity index (χ0v) is 12.5. The Balaban J connectivity index is 2.13. The fourth-order valence-corrected chi connectivity index (χ4v) is 2.85. The summed E-state index contributed by atoms with van der Waals surface area (Å²) in [6.45, 7) is 4.05. The Morgan fingerprint density at radius 1 is 1.35 bits per heavy atom. The highest BCUT2D eigenvalue weighted by molar-refractivity contribution is 7.99. The van der Waals surface area contributed by atoms with Gasteiger partial charge in [0.1, 0.15) is 5.76 Å². The molecule has 0 saturated carbocycles. The summed E-state index contributed by atoms with van der Waals surface area (Å²) < 4.78 is 10.1. The number of rotatable bonds is 4. The molecule has 0 aliphatic rings. The minimum atomic E-state index is -0.461. The Labute approximate surface area is 122 Å². The van der Waals surface area contributed by atoms with Gasteiger partial charge in [0.05, 0.1) is 12.4 Å². The van der Waals surface area contributed by atoms with Crippen LogP contribution in [0.3, 0.4) is 0 Å². The highest BCUT2D eigenvalue weighted by Gasteiger charge is 2.16. The van der Waals surface area contributed by atoms with Crippen molar-refractivity contribution < 1.29 is 13.9 Å². The molecule has 0 saturated heterocycles. The summed E-state index contributed by atoms with van der Waals surface area (Å²) in [7, 11) is 1.33. The van der Waals surface area contributed by atoms with E-state index in [9.17, 15) is 4.79 Å². The van der Waals surface area contributed by atoms with Crippen LogP contribution in [0.4, 0.5) is 5.69 Å². The van der Waals surface area contributed by atoms with Gasteiger partial charge in [-0.3, -0.25) is 0 Å². The standard InChI is InChI=1S/C15H17NO3S/c1-9-8-11(16)4-7-14(9)20-10(2)12-5-6-13(19-12)15(17)18-3/h4-8,10H,16H2,1-3H3. The molecule has 4 nitrogen and oxygen atoms in total. The van der Waals surface area contributed by atoms with Crippen LogP contribution in [0.15, 0.2) is 39.6 Å². The van der Waals surface area contributed by atoms with Crippen molar-refractivity contribution in [3.63, 3.8) is 0 Å². The number of anilines is 1. The van der Waals surface area contributed by atoms with Crippen molar-refractivity contribution in [2.75, 3.05) is 12.8 Å². The number of aryl methyl sites for hydroxylation is 1. The maximum absolute atomic E-state index is 11.4. The minimum Gasteiger partial charge on any atom is -0.463 e. The molecule has 0 spiro atoms. The third kappa shape index (κ3) is 3.17. The van der Waals surface area contributed by atoms with Crippen molar-refractivity contribution in [3.8, 4) is 0 Å². The molecule has 1 aromatic heterocycles. The highest BCUT2D eigenvalue weighted by atomic mass is 32.2. The number of methoxy groups -OCH3 is 1. The molecule has 2 rings (SSSR count). The Bertz CT molecular complexity index is 621. The predicted molar refractivity (Wildman–Crippen MR) is 79.9 cm³/mol. The van der Waals surface area contributed by atoms with Crippen LogP contribution in [-0.2, 0) is 4.74 Å². The van der Waals surface area contributed by atoms with Gasteiger partial charge in [0.15, 0.2) is 0 Å². The van der Waals surface area contributed by atoms with E-state index < -0.39 is 5.97 Å². The first kappa shape index (κ1) is 14.5. The predicted octanol–water partition coefficient (Wildman–Crippen LogP) is 3.81. The van der Waals surface area contributed by atoms with Gasteiger partial charge in [-0.05, 0) is 49.7 Å². The molecule has 106 valence electrons. The highest BCUT2D eigenvalue weighted by Crippen LogP contribution is 2.37. The number of hydrogen-bond acceptors (Lipinski definition) is 5. The lowest BCUT2D eigenvalue weighted by Crippen LogP contribution is -1.98. The maximum atomic E-state index is 11.4. The molecule has 0 aliphatic heterocycles. The zero-order chi connectivity index (χ0) is 14.7. The Hall–Kier alpha value is -1.88. The second kappa shape index (κ2) is 6.05. The number of benzene rings is 1. The van der Waals surface area contributed by atoms with Crippen LogP contribution < -0.4 is 5.73 Å². The molecule has 0 fully saturated rings. The second-order valence-corrected chi connectivity index (χ2v) is 5.86. The van der Waals surface area contributed by atoms with Gasteiger partial charge in [-0.25, -0.2) is 4.79 Å². The van der Waals surface area contributed by atoms with Crippen LogP contribution in [0, 0.1) is 6.92 Å². The molecular formula is C15H17NO3S. The van der Waals surface area contributed by atoms with Gasteiger partial charge in [-0.1, -0.05) is 0 Å². The molecule has 1 heterocycles. The molecule has 2 N–H and O–H groups in total. The lowest BCUT2D eigenvalue weighted by Gasteiger charge is -2.11. The summed E-state index contributed by atoms with van der Waals surface area (Å²) in [6, 6.07) is 9.25. The first-order chi connectivity index (χ1) is 9.51. The first-order valence-corrected chi connectivity index (χ1v) is 7.10. The summed E-state index contributed by atoms with van der Waals surface area (Å²) >= 11 is 1.66. The van der Waals surface area contributed by atoms with Crippen LogP contribution in [0.2, 0.25) is 0 Å². The molecule has 0 amide bonds. The lowest BCUT2D eigenvalue weighted by atomic mass is 10.2. The van der Waals surface area contributed by atoms with E-state index in [1.807, 2.05) is 32.0 Å². The molecule has 1 atom stereocenters. The van der Waals surface area contributed by atoms with Crippen LogP contribution >= 0.6 is 11.8 Å². The van der Waals surface area contributed by atoms with E-state index in [1.54, 1.807) is 23.9 Å². The molecule has 1 unspecified atom stereocenters. The van der Waals surface area contributed by atoms with Gasteiger partial charge in [-0.2, -0.15) is 0 Å². The maximum Gasteiger partial charge on any atom is 0.373 e. The average molecular weight is 291 g/mol. The molecule has 2 aromatic rings. The van der Waals surface area contributed by atoms with Crippen LogP contribution in [0.1, 0.15) is 34.1 Å². The number of carbonyl (C=O) groups excluding carboxylic acids is 1. The van der Waals surface area contributed by atoms with E-state index in [2.05, 4.69) is 4.74 Å². The smallest absolute Gasteiger partial charge is 0.373 e. The van der Waals surface area contributed by atoms with Gasteiger partial charge < -0.3 is 14.9 Å². The molecule has 5 heteroatoms. The molecule has 0 radical (unpaired) electrons. The number of esters is 1. The number of nitrogen functional groups attached to an aromatic ring is 1. The number of thioether (sulfide) groups is 1. The zero-order valence-electron chi connectivity index (χ0n) is 11.7. The number of ether oxygens (including phenoxy) is 1. The number of nitrogens with two attached hydrogens (primary N) is 1. The topological polar surface area (TPSA) is 65.5 Å². The third-order valence-corrected chi connectivity index (χ3v) is 4.21. The monoisotopic (exact) mass is 291 g/mol. The number of furan rings is 1. The Morgan fingerprint density at radius 3 is 2.75 bits per heavy atom.